The molecule has 1 aromatic heterocycles. The van der Waals surface area contributed by atoms with E-state index in [2.05, 4.69) is 17.2 Å². The minimum Gasteiger partial charge on any atom is -0.355 e. The summed E-state index contributed by atoms with van der Waals surface area (Å²) in [6.07, 6.45) is 2.35. The first-order valence-electron chi connectivity index (χ1n) is 6.90. The molecule has 4 nitrogen and oxygen atoms in total. The summed E-state index contributed by atoms with van der Waals surface area (Å²) in [6.45, 7) is 9.16. The molecule has 0 unspecified atom stereocenters. The van der Waals surface area contributed by atoms with Gasteiger partial charge >= 0.3 is 0 Å². The smallest absolute Gasteiger partial charge is 0.227 e. The fraction of sp³-hybridized carbons (Fsp3) is 0.714. The van der Waals surface area contributed by atoms with Crippen molar-refractivity contribution in [3.8, 4) is 0 Å². The van der Waals surface area contributed by atoms with Crippen molar-refractivity contribution in [2.75, 3.05) is 13.1 Å². The maximum atomic E-state index is 12.2. The quantitative estimate of drug-likeness (QED) is 0.789. The van der Waals surface area contributed by atoms with E-state index in [9.17, 15) is 4.79 Å². The van der Waals surface area contributed by atoms with Crippen LogP contribution < -0.4 is 11.1 Å². The Hall–Kier alpha value is -0.360. The highest BCUT2D eigenvalue weighted by Gasteiger charge is 2.32. The van der Waals surface area contributed by atoms with Crippen molar-refractivity contribution < 1.29 is 4.79 Å². The molecule has 0 aliphatic carbocycles. The first-order valence-corrected chi connectivity index (χ1v) is 7.72. The van der Waals surface area contributed by atoms with Crippen molar-refractivity contribution in [3.63, 3.8) is 0 Å². The van der Waals surface area contributed by atoms with Crippen LogP contribution in [0.25, 0.3) is 0 Å². The Morgan fingerprint density at radius 1 is 1.29 bits per heavy atom. The van der Waals surface area contributed by atoms with Crippen LogP contribution in [0.1, 0.15) is 42.3 Å². The molecule has 1 rings (SSSR count). The Morgan fingerprint density at radius 2 is 1.86 bits per heavy atom. The van der Waals surface area contributed by atoms with E-state index in [1.54, 1.807) is 11.3 Å². The zero-order chi connectivity index (χ0) is 14.5. The second-order valence-electron chi connectivity index (χ2n) is 4.95. The van der Waals surface area contributed by atoms with Crippen LogP contribution >= 0.6 is 36.2 Å². The molecule has 0 saturated heterocycles. The predicted octanol–water partition coefficient (Wildman–Crippen LogP) is 3.03. The molecule has 0 spiro atoms. The van der Waals surface area contributed by atoms with Gasteiger partial charge in [-0.15, -0.1) is 36.2 Å². The number of hydrogen-bond acceptors (Lipinski definition) is 4. The predicted molar refractivity (Wildman–Crippen MR) is 94.9 cm³/mol. The molecule has 1 amide bonds. The van der Waals surface area contributed by atoms with Crippen molar-refractivity contribution in [1.29, 1.82) is 0 Å². The molecule has 1 aromatic rings. The molecule has 0 saturated carbocycles. The molecule has 0 radical (unpaired) electrons. The van der Waals surface area contributed by atoms with Crippen LogP contribution in [0.2, 0.25) is 0 Å². The number of hydrogen-bond donors (Lipinski definition) is 2. The van der Waals surface area contributed by atoms with E-state index in [0.29, 0.717) is 13.1 Å². The lowest BCUT2D eigenvalue weighted by Crippen LogP contribution is -2.45. The fourth-order valence-corrected chi connectivity index (χ4v) is 3.00. The Morgan fingerprint density at radius 3 is 2.24 bits per heavy atom. The van der Waals surface area contributed by atoms with Crippen molar-refractivity contribution in [1.82, 2.24) is 10.3 Å². The van der Waals surface area contributed by atoms with Gasteiger partial charge in [-0.3, -0.25) is 4.79 Å². The number of thiazole rings is 1. The van der Waals surface area contributed by atoms with Gasteiger partial charge in [-0.05, 0) is 26.7 Å². The van der Waals surface area contributed by atoms with Crippen molar-refractivity contribution in [2.24, 2.45) is 11.1 Å². The van der Waals surface area contributed by atoms with Gasteiger partial charge in [-0.1, -0.05) is 13.8 Å². The Balaban J connectivity index is 0. The van der Waals surface area contributed by atoms with Gasteiger partial charge in [0, 0.05) is 24.4 Å². The first-order chi connectivity index (χ1) is 8.99. The summed E-state index contributed by atoms with van der Waals surface area (Å²) in [4.78, 5) is 17.9. The van der Waals surface area contributed by atoms with Crippen LogP contribution in [-0.4, -0.2) is 24.0 Å². The van der Waals surface area contributed by atoms with Gasteiger partial charge in [0.05, 0.1) is 16.1 Å². The molecule has 21 heavy (non-hydrogen) atoms. The highest BCUT2D eigenvalue weighted by Crippen LogP contribution is 2.25. The molecule has 0 bridgehead atoms. The van der Waals surface area contributed by atoms with Gasteiger partial charge in [0.25, 0.3) is 0 Å². The van der Waals surface area contributed by atoms with Crippen molar-refractivity contribution in [3.05, 3.63) is 15.6 Å². The molecular weight excluding hydrogens is 329 g/mol. The summed E-state index contributed by atoms with van der Waals surface area (Å²) in [5, 5.41) is 4.09. The number of carbonyl (C=O) groups is 1. The van der Waals surface area contributed by atoms with Gasteiger partial charge < -0.3 is 11.1 Å². The molecule has 7 heteroatoms. The van der Waals surface area contributed by atoms with Crippen LogP contribution in [-0.2, 0) is 11.2 Å². The molecule has 3 N–H and O–H groups in total. The minimum absolute atomic E-state index is 0. The maximum Gasteiger partial charge on any atom is 0.227 e. The van der Waals surface area contributed by atoms with Crippen LogP contribution in [0.4, 0.5) is 0 Å². The van der Waals surface area contributed by atoms with E-state index in [-0.39, 0.29) is 30.7 Å². The third-order valence-corrected chi connectivity index (χ3v) is 5.06. The number of nitrogens with one attached hydrogen (secondary N) is 1. The number of aryl methyl sites for hydroxylation is 2. The Kier molecular flexibility index (Phi) is 11.3. The van der Waals surface area contributed by atoms with Crippen LogP contribution in [0.15, 0.2) is 0 Å². The summed E-state index contributed by atoms with van der Waals surface area (Å²) in [6, 6.07) is 0. The van der Waals surface area contributed by atoms with Crippen molar-refractivity contribution in [2.45, 2.75) is 47.0 Å². The lowest BCUT2D eigenvalue weighted by Gasteiger charge is -2.28. The first kappa shape index (κ1) is 22.9. The molecule has 0 atom stereocenters. The largest absolute Gasteiger partial charge is 0.355 e. The molecule has 1 heterocycles. The summed E-state index contributed by atoms with van der Waals surface area (Å²) in [7, 11) is 0. The number of amides is 1. The second kappa shape index (κ2) is 10.4. The van der Waals surface area contributed by atoms with E-state index < -0.39 is 5.41 Å². The van der Waals surface area contributed by atoms with Gasteiger partial charge in [0.15, 0.2) is 0 Å². The van der Waals surface area contributed by atoms with Gasteiger partial charge in [0.2, 0.25) is 5.91 Å². The Labute approximate surface area is 144 Å². The van der Waals surface area contributed by atoms with Crippen LogP contribution in [0, 0.1) is 19.3 Å². The minimum atomic E-state index is -0.408. The van der Waals surface area contributed by atoms with E-state index in [1.165, 1.54) is 4.88 Å². The van der Waals surface area contributed by atoms with E-state index in [4.69, 9.17) is 5.73 Å². The summed E-state index contributed by atoms with van der Waals surface area (Å²) >= 11 is 1.70. The standard InChI is InChI=1S/C14H25N3OS.2ClH/c1-5-14(6-2,9-15)13(18)16-8-7-12-17-10(3)11(4)19-12;;/h5-9,15H2,1-4H3,(H,16,18);2*1H. The summed E-state index contributed by atoms with van der Waals surface area (Å²) in [5.74, 6) is 0.0741. The lowest BCUT2D eigenvalue weighted by molar-refractivity contribution is -0.131. The fourth-order valence-electron chi connectivity index (χ4n) is 2.07. The van der Waals surface area contributed by atoms with Gasteiger partial charge in [-0.25, -0.2) is 4.98 Å². The third kappa shape index (κ3) is 5.74. The zero-order valence-electron chi connectivity index (χ0n) is 13.2. The van der Waals surface area contributed by atoms with E-state index >= 15 is 0 Å². The number of nitrogens with two attached hydrogens (primary N) is 1. The van der Waals surface area contributed by atoms with Crippen LogP contribution in [0.3, 0.4) is 0 Å². The normalized spacial score (nSPS) is 10.5. The van der Waals surface area contributed by atoms with Crippen LogP contribution in [0.5, 0.6) is 0 Å². The molecule has 0 aliphatic heterocycles. The maximum absolute atomic E-state index is 12.2. The van der Waals surface area contributed by atoms with E-state index in [1.807, 2.05) is 20.8 Å². The van der Waals surface area contributed by atoms with E-state index in [0.717, 1.165) is 30.0 Å². The highest BCUT2D eigenvalue weighted by atomic mass is 35.5. The third-order valence-electron chi connectivity index (χ3n) is 3.92. The molecule has 0 aromatic carbocycles. The number of halogens is 2. The molecule has 0 aliphatic rings. The average molecular weight is 356 g/mol. The topological polar surface area (TPSA) is 68.0 Å². The van der Waals surface area contributed by atoms with Gasteiger partial charge in [-0.2, -0.15) is 0 Å². The lowest BCUT2D eigenvalue weighted by atomic mass is 9.81. The number of nitrogens with zero attached hydrogens (tertiary/aromatic N) is 1. The average Bonchev–Trinajstić information content (AvgIpc) is 2.71. The molecule has 0 fully saturated rings. The van der Waals surface area contributed by atoms with Crippen molar-refractivity contribution >= 4 is 42.1 Å². The summed E-state index contributed by atoms with van der Waals surface area (Å²) < 4.78 is 0. The Bertz CT molecular complexity index is 406. The number of carbonyl (C=O) groups excluding carboxylic acids is 1. The number of rotatable bonds is 7. The highest BCUT2D eigenvalue weighted by molar-refractivity contribution is 7.11. The second-order valence-corrected chi connectivity index (χ2v) is 6.23. The summed E-state index contributed by atoms with van der Waals surface area (Å²) in [5.41, 5.74) is 6.44. The van der Waals surface area contributed by atoms with Gasteiger partial charge in [0.1, 0.15) is 0 Å². The zero-order valence-corrected chi connectivity index (χ0v) is 15.6. The monoisotopic (exact) mass is 355 g/mol. The number of aromatic nitrogens is 1. The molecule has 124 valence electrons. The SMILES string of the molecule is CCC(CC)(CN)C(=O)NCCc1nc(C)c(C)s1.Cl.Cl. The molecular formula is C14H27Cl2N3OS.